The minimum absolute atomic E-state index is 0.878. The van der Waals surface area contributed by atoms with Gasteiger partial charge in [-0.1, -0.05) is 140 Å². The smallest absolute Gasteiger partial charge is 0.145 e. The average molecular weight is 612 g/mol. The summed E-state index contributed by atoms with van der Waals surface area (Å²) in [6, 6.07) is 63.3. The number of fused-ring (bicyclic) bond motifs is 8. The van der Waals surface area contributed by atoms with Gasteiger partial charge in [-0.15, -0.1) is 0 Å². The van der Waals surface area contributed by atoms with E-state index in [1.54, 1.807) is 0 Å². The first kappa shape index (κ1) is 26.8. The van der Waals surface area contributed by atoms with Gasteiger partial charge in [-0.05, 0) is 79.7 Å². The van der Waals surface area contributed by atoms with Gasteiger partial charge in [-0.2, -0.15) is 0 Å². The van der Waals surface area contributed by atoms with Crippen LogP contribution in [0.2, 0.25) is 0 Å². The van der Waals surface area contributed by atoms with E-state index in [1.165, 1.54) is 43.1 Å². The zero-order valence-corrected chi connectivity index (χ0v) is 26.1. The number of para-hydroxylation sites is 1. The van der Waals surface area contributed by atoms with Crippen molar-refractivity contribution in [3.05, 3.63) is 176 Å². The summed E-state index contributed by atoms with van der Waals surface area (Å²) in [5.41, 5.74) is 7.32. The predicted molar refractivity (Wildman–Crippen MR) is 204 cm³/mol. The normalized spacial score (nSPS) is 11.8. The van der Waals surface area contributed by atoms with E-state index in [1.807, 2.05) is 0 Å². The zero-order valence-electron chi connectivity index (χ0n) is 26.1. The largest absolute Gasteiger partial charge is 0.455 e. The Kier molecular flexibility index (Phi) is 5.91. The third kappa shape index (κ3) is 4.06. The van der Waals surface area contributed by atoms with Crippen molar-refractivity contribution in [2.75, 3.05) is 4.90 Å². The second-order valence-corrected chi connectivity index (χ2v) is 12.5. The molecule has 0 amide bonds. The summed E-state index contributed by atoms with van der Waals surface area (Å²) >= 11 is 0. The average Bonchev–Trinajstić information content (AvgIpc) is 3.55. The van der Waals surface area contributed by atoms with Gasteiger partial charge in [-0.3, -0.25) is 0 Å². The molecule has 9 aromatic carbocycles. The fourth-order valence-electron chi connectivity index (χ4n) is 7.62. The first-order chi connectivity index (χ1) is 23.8. The molecule has 2 heteroatoms. The van der Waals surface area contributed by atoms with Gasteiger partial charge in [0.2, 0.25) is 0 Å². The topological polar surface area (TPSA) is 16.4 Å². The number of anilines is 3. The molecule has 0 bridgehead atoms. The van der Waals surface area contributed by atoms with Gasteiger partial charge in [-0.25, -0.2) is 0 Å². The van der Waals surface area contributed by atoms with Crippen molar-refractivity contribution < 1.29 is 4.42 Å². The highest BCUT2D eigenvalue weighted by atomic mass is 16.3. The molecule has 224 valence electrons. The maximum absolute atomic E-state index is 6.85. The predicted octanol–water partition coefficient (Wildman–Crippen LogP) is 13.3. The van der Waals surface area contributed by atoms with Crippen LogP contribution in [-0.4, -0.2) is 0 Å². The van der Waals surface area contributed by atoms with E-state index >= 15 is 0 Å². The molecule has 0 spiro atoms. The van der Waals surface area contributed by atoms with Gasteiger partial charge in [0.15, 0.2) is 0 Å². The number of rotatable bonds is 4. The minimum Gasteiger partial charge on any atom is -0.455 e. The number of hydrogen-bond acceptors (Lipinski definition) is 2. The molecule has 0 radical (unpaired) electrons. The lowest BCUT2D eigenvalue weighted by atomic mass is 9.95. The standard InChI is InChI=1S/C46H29NO/c1-2-14-34-29-35(26-25-30(34)11-1)47(41-21-10-16-33-24-23-32-13-4-6-18-37(32)44(33)41)42-28-27-39(38-20-9-15-31-12-3-5-17-36(31)38)46-45(42)40-19-7-8-22-43(40)48-46/h1-29H. The third-order valence-electron chi connectivity index (χ3n) is 9.80. The lowest BCUT2D eigenvalue weighted by molar-refractivity contribution is 0.670. The fourth-order valence-corrected chi connectivity index (χ4v) is 7.62. The Hall–Kier alpha value is -6.38. The van der Waals surface area contributed by atoms with E-state index < -0.39 is 0 Å². The number of furan rings is 1. The van der Waals surface area contributed by atoms with Gasteiger partial charge in [0.05, 0.1) is 16.8 Å². The van der Waals surface area contributed by atoms with E-state index in [-0.39, 0.29) is 0 Å². The van der Waals surface area contributed by atoms with Gasteiger partial charge in [0, 0.05) is 22.0 Å². The first-order valence-corrected chi connectivity index (χ1v) is 16.4. The van der Waals surface area contributed by atoms with Gasteiger partial charge >= 0.3 is 0 Å². The highest BCUT2D eigenvalue weighted by molar-refractivity contribution is 6.21. The van der Waals surface area contributed by atoms with Crippen molar-refractivity contribution in [2.45, 2.75) is 0 Å². The van der Waals surface area contributed by atoms with Crippen LogP contribution in [0, 0.1) is 0 Å². The molecule has 1 heterocycles. The van der Waals surface area contributed by atoms with E-state index in [4.69, 9.17) is 4.42 Å². The minimum atomic E-state index is 0.878. The second kappa shape index (κ2) is 10.6. The summed E-state index contributed by atoms with van der Waals surface area (Å²) in [6.45, 7) is 0. The molecule has 10 aromatic rings. The molecule has 0 saturated carbocycles. The zero-order chi connectivity index (χ0) is 31.6. The Bertz CT molecular complexity index is 2860. The summed E-state index contributed by atoms with van der Waals surface area (Å²) in [6.07, 6.45) is 0. The summed E-state index contributed by atoms with van der Waals surface area (Å²) in [5.74, 6) is 0. The van der Waals surface area contributed by atoms with Crippen LogP contribution in [-0.2, 0) is 0 Å². The summed E-state index contributed by atoms with van der Waals surface area (Å²) < 4.78 is 6.85. The van der Waals surface area contributed by atoms with Crippen LogP contribution >= 0.6 is 0 Å². The lowest BCUT2D eigenvalue weighted by Gasteiger charge is -2.28. The van der Waals surface area contributed by atoms with Crippen LogP contribution in [0.5, 0.6) is 0 Å². The Morgan fingerprint density at radius 3 is 1.83 bits per heavy atom. The van der Waals surface area contributed by atoms with E-state index in [0.29, 0.717) is 0 Å². The molecule has 0 aliphatic heterocycles. The molecule has 0 saturated heterocycles. The highest BCUT2D eigenvalue weighted by Gasteiger charge is 2.24. The highest BCUT2D eigenvalue weighted by Crippen LogP contribution is 2.49. The molecule has 48 heavy (non-hydrogen) atoms. The Balaban J connectivity index is 1.35. The Labute approximate surface area is 277 Å². The van der Waals surface area contributed by atoms with Crippen molar-refractivity contribution in [3.63, 3.8) is 0 Å². The lowest BCUT2D eigenvalue weighted by Crippen LogP contribution is -2.11. The first-order valence-electron chi connectivity index (χ1n) is 16.4. The molecule has 0 aliphatic rings. The second-order valence-electron chi connectivity index (χ2n) is 12.5. The van der Waals surface area contributed by atoms with Crippen molar-refractivity contribution in [1.29, 1.82) is 0 Å². The number of nitrogens with zero attached hydrogens (tertiary/aromatic N) is 1. The maximum atomic E-state index is 6.85. The van der Waals surface area contributed by atoms with E-state index in [9.17, 15) is 0 Å². The third-order valence-corrected chi connectivity index (χ3v) is 9.80. The molecule has 0 N–H and O–H groups in total. The van der Waals surface area contributed by atoms with Crippen molar-refractivity contribution in [1.82, 2.24) is 0 Å². The van der Waals surface area contributed by atoms with Gasteiger partial charge < -0.3 is 9.32 Å². The van der Waals surface area contributed by atoms with Crippen LogP contribution < -0.4 is 4.90 Å². The molecular formula is C46H29NO. The number of benzene rings is 9. The molecule has 0 fully saturated rings. The van der Waals surface area contributed by atoms with Crippen molar-refractivity contribution in [3.8, 4) is 11.1 Å². The van der Waals surface area contributed by atoms with Crippen LogP contribution in [0.1, 0.15) is 0 Å². The van der Waals surface area contributed by atoms with E-state index in [0.717, 1.165) is 50.1 Å². The van der Waals surface area contributed by atoms with Gasteiger partial charge in [0.25, 0.3) is 0 Å². The molecule has 10 rings (SSSR count). The molecule has 1 aromatic heterocycles. The van der Waals surface area contributed by atoms with Crippen LogP contribution in [0.15, 0.2) is 180 Å². The van der Waals surface area contributed by atoms with Gasteiger partial charge in [0.1, 0.15) is 11.2 Å². The quantitative estimate of drug-likeness (QED) is 0.184. The van der Waals surface area contributed by atoms with Crippen LogP contribution in [0.25, 0.3) is 76.2 Å². The molecule has 0 unspecified atom stereocenters. The summed E-state index contributed by atoms with van der Waals surface area (Å²) in [4.78, 5) is 2.44. The monoisotopic (exact) mass is 611 g/mol. The van der Waals surface area contributed by atoms with Crippen molar-refractivity contribution in [2.24, 2.45) is 0 Å². The fraction of sp³-hybridized carbons (Fsp3) is 0. The molecule has 0 atom stereocenters. The van der Waals surface area contributed by atoms with Crippen molar-refractivity contribution >= 4 is 82.1 Å². The summed E-state index contributed by atoms with van der Waals surface area (Å²) in [7, 11) is 0. The number of hydrogen-bond donors (Lipinski definition) is 0. The molecule has 0 aliphatic carbocycles. The van der Waals surface area contributed by atoms with Crippen LogP contribution in [0.3, 0.4) is 0 Å². The Morgan fingerprint density at radius 1 is 0.354 bits per heavy atom. The molecular weight excluding hydrogens is 583 g/mol. The molecule has 2 nitrogen and oxygen atoms in total. The SMILES string of the molecule is c1ccc2cc(N(c3cccc4ccc5ccccc5c34)c3ccc(-c4cccc5ccccc45)c4oc5ccccc5c34)ccc2c1. The van der Waals surface area contributed by atoms with Crippen LogP contribution in [0.4, 0.5) is 17.1 Å². The van der Waals surface area contributed by atoms with E-state index in [2.05, 4.69) is 181 Å². The summed E-state index contributed by atoms with van der Waals surface area (Å²) in [5, 5.41) is 11.9. The Morgan fingerprint density at radius 2 is 0.958 bits per heavy atom. The maximum Gasteiger partial charge on any atom is 0.145 e.